The maximum absolute atomic E-state index is 12.8. The van der Waals surface area contributed by atoms with E-state index < -0.39 is 0 Å². The highest BCUT2D eigenvalue weighted by Gasteiger charge is 2.21. The first-order chi connectivity index (χ1) is 13.7. The molecule has 1 aliphatic rings. The Balaban J connectivity index is 1.57. The summed E-state index contributed by atoms with van der Waals surface area (Å²) in [7, 11) is 1.61. The van der Waals surface area contributed by atoms with Gasteiger partial charge in [0.25, 0.3) is 5.91 Å². The first-order valence-corrected chi connectivity index (χ1v) is 9.84. The molecule has 1 saturated carbocycles. The fraction of sp³-hybridized carbons (Fsp3) is 0.348. The van der Waals surface area contributed by atoms with Gasteiger partial charge >= 0.3 is 0 Å². The third-order valence-corrected chi connectivity index (χ3v) is 5.51. The standard InChI is InChI=1S/C23H26N2O3/c1-15(16-7-4-3-5-8-16)25-23(26)21-13-19-17(14-24-18-9-6-10-18)11-12-20(27-2)22(19)28-21/h3-5,7-8,11-13,15,18,24H,6,9-10,14H2,1-2H3,(H,25,26)/t15-/m0/s1. The van der Waals surface area contributed by atoms with Gasteiger partial charge in [0.2, 0.25) is 0 Å². The number of furan rings is 1. The Kier molecular flexibility index (Phi) is 5.35. The molecule has 2 aromatic carbocycles. The van der Waals surface area contributed by atoms with E-state index in [1.807, 2.05) is 55.5 Å². The van der Waals surface area contributed by atoms with Crippen LogP contribution in [0.4, 0.5) is 0 Å². The molecule has 2 N–H and O–H groups in total. The summed E-state index contributed by atoms with van der Waals surface area (Å²) in [4.78, 5) is 12.8. The SMILES string of the molecule is COc1ccc(CNC2CCC2)c2cc(C(=O)N[C@@H](C)c3ccccc3)oc12. The van der Waals surface area contributed by atoms with E-state index in [1.54, 1.807) is 7.11 Å². The van der Waals surface area contributed by atoms with Crippen LogP contribution in [-0.4, -0.2) is 19.1 Å². The minimum atomic E-state index is -0.229. The first kappa shape index (κ1) is 18.6. The van der Waals surface area contributed by atoms with Crippen LogP contribution in [0.1, 0.15) is 53.9 Å². The number of hydrogen-bond acceptors (Lipinski definition) is 4. The Morgan fingerprint density at radius 1 is 1.21 bits per heavy atom. The average Bonchev–Trinajstić information content (AvgIpc) is 3.13. The minimum Gasteiger partial charge on any atom is -0.493 e. The molecule has 0 spiro atoms. The molecule has 1 heterocycles. The van der Waals surface area contributed by atoms with E-state index in [0.717, 1.165) is 23.1 Å². The maximum atomic E-state index is 12.8. The molecule has 0 bridgehead atoms. The summed E-state index contributed by atoms with van der Waals surface area (Å²) in [5.41, 5.74) is 2.78. The third kappa shape index (κ3) is 3.76. The van der Waals surface area contributed by atoms with Crippen LogP contribution in [-0.2, 0) is 6.54 Å². The maximum Gasteiger partial charge on any atom is 0.287 e. The lowest BCUT2D eigenvalue weighted by molar-refractivity contribution is 0.0914. The minimum absolute atomic E-state index is 0.108. The Bertz CT molecular complexity index is 961. The molecule has 146 valence electrons. The second-order valence-electron chi connectivity index (χ2n) is 7.39. The van der Waals surface area contributed by atoms with Crippen molar-refractivity contribution in [3.8, 4) is 5.75 Å². The van der Waals surface area contributed by atoms with Crippen LogP contribution in [0, 0.1) is 0 Å². The van der Waals surface area contributed by atoms with Gasteiger partial charge in [0.15, 0.2) is 17.1 Å². The van der Waals surface area contributed by atoms with E-state index in [-0.39, 0.29) is 11.9 Å². The number of rotatable bonds is 7. The van der Waals surface area contributed by atoms with Crippen molar-refractivity contribution in [1.29, 1.82) is 0 Å². The quantitative estimate of drug-likeness (QED) is 0.632. The molecule has 0 saturated heterocycles. The van der Waals surface area contributed by atoms with Crippen LogP contribution in [0.2, 0.25) is 0 Å². The van der Waals surface area contributed by atoms with Gasteiger partial charge in [0.05, 0.1) is 13.2 Å². The summed E-state index contributed by atoms with van der Waals surface area (Å²) in [6, 6.07) is 16.1. The van der Waals surface area contributed by atoms with Crippen molar-refractivity contribution in [2.24, 2.45) is 0 Å². The number of benzene rings is 2. The van der Waals surface area contributed by atoms with Gasteiger partial charge in [-0.1, -0.05) is 42.8 Å². The van der Waals surface area contributed by atoms with Crippen molar-refractivity contribution in [3.63, 3.8) is 0 Å². The molecule has 0 radical (unpaired) electrons. The zero-order valence-corrected chi connectivity index (χ0v) is 16.3. The van der Waals surface area contributed by atoms with Gasteiger partial charge in [0, 0.05) is 18.0 Å². The second-order valence-corrected chi connectivity index (χ2v) is 7.39. The molecular formula is C23H26N2O3. The molecule has 1 aliphatic carbocycles. The lowest BCUT2D eigenvalue weighted by atomic mass is 9.93. The zero-order valence-electron chi connectivity index (χ0n) is 16.3. The van der Waals surface area contributed by atoms with Gasteiger partial charge in [0.1, 0.15) is 0 Å². The lowest BCUT2D eigenvalue weighted by Crippen LogP contribution is -2.34. The molecule has 5 nitrogen and oxygen atoms in total. The van der Waals surface area contributed by atoms with E-state index in [2.05, 4.69) is 10.6 Å². The lowest BCUT2D eigenvalue weighted by Gasteiger charge is -2.26. The number of ether oxygens (including phenoxy) is 1. The van der Waals surface area contributed by atoms with E-state index in [1.165, 1.54) is 19.3 Å². The Labute approximate surface area is 165 Å². The number of nitrogens with one attached hydrogen (secondary N) is 2. The van der Waals surface area contributed by atoms with Gasteiger partial charge in [-0.3, -0.25) is 4.79 Å². The Hall–Kier alpha value is -2.79. The molecular weight excluding hydrogens is 352 g/mol. The van der Waals surface area contributed by atoms with E-state index >= 15 is 0 Å². The molecule has 1 fully saturated rings. The number of carbonyl (C=O) groups excluding carboxylic acids is 1. The van der Waals surface area contributed by atoms with Gasteiger partial charge < -0.3 is 19.8 Å². The summed E-state index contributed by atoms with van der Waals surface area (Å²) in [5.74, 6) is 0.706. The van der Waals surface area contributed by atoms with E-state index in [0.29, 0.717) is 23.1 Å². The van der Waals surface area contributed by atoms with Gasteiger partial charge in [-0.25, -0.2) is 0 Å². The van der Waals surface area contributed by atoms with Crippen molar-refractivity contribution in [2.45, 2.75) is 44.8 Å². The smallest absolute Gasteiger partial charge is 0.287 e. The summed E-state index contributed by atoms with van der Waals surface area (Å²) in [5, 5.41) is 7.50. The zero-order chi connectivity index (χ0) is 19.5. The number of carbonyl (C=O) groups is 1. The third-order valence-electron chi connectivity index (χ3n) is 5.51. The van der Waals surface area contributed by atoms with Crippen molar-refractivity contribution in [3.05, 3.63) is 65.4 Å². The van der Waals surface area contributed by atoms with E-state index in [4.69, 9.17) is 9.15 Å². The fourth-order valence-electron chi connectivity index (χ4n) is 3.54. The Morgan fingerprint density at radius 2 is 2.00 bits per heavy atom. The molecule has 1 atom stereocenters. The monoisotopic (exact) mass is 378 g/mol. The van der Waals surface area contributed by atoms with Crippen molar-refractivity contribution in [1.82, 2.24) is 10.6 Å². The summed E-state index contributed by atoms with van der Waals surface area (Å²) < 4.78 is 11.3. The summed E-state index contributed by atoms with van der Waals surface area (Å²) >= 11 is 0. The molecule has 3 aromatic rings. The molecule has 0 unspecified atom stereocenters. The topological polar surface area (TPSA) is 63.5 Å². The van der Waals surface area contributed by atoms with Crippen LogP contribution in [0.5, 0.6) is 5.75 Å². The highest BCUT2D eigenvalue weighted by atomic mass is 16.5. The Morgan fingerprint density at radius 3 is 2.68 bits per heavy atom. The first-order valence-electron chi connectivity index (χ1n) is 9.84. The summed E-state index contributed by atoms with van der Waals surface area (Å²) in [6.45, 7) is 2.72. The van der Waals surface area contributed by atoms with Crippen LogP contribution in [0.3, 0.4) is 0 Å². The van der Waals surface area contributed by atoms with Crippen LogP contribution in [0.15, 0.2) is 52.9 Å². The molecule has 5 heteroatoms. The number of methoxy groups -OCH3 is 1. The predicted molar refractivity (Wildman–Crippen MR) is 110 cm³/mol. The normalized spacial score (nSPS) is 15.2. The predicted octanol–water partition coefficient (Wildman–Crippen LogP) is 4.57. The molecule has 1 amide bonds. The van der Waals surface area contributed by atoms with Crippen LogP contribution >= 0.6 is 0 Å². The highest BCUT2D eigenvalue weighted by Crippen LogP contribution is 2.32. The largest absolute Gasteiger partial charge is 0.493 e. The van der Waals surface area contributed by atoms with Gasteiger partial charge in [-0.2, -0.15) is 0 Å². The molecule has 0 aliphatic heterocycles. The van der Waals surface area contributed by atoms with Crippen molar-refractivity contribution in [2.75, 3.05) is 7.11 Å². The number of fused-ring (bicyclic) bond motifs is 1. The molecule has 1 aromatic heterocycles. The summed E-state index contributed by atoms with van der Waals surface area (Å²) in [6.07, 6.45) is 3.76. The number of amides is 1. The van der Waals surface area contributed by atoms with Crippen LogP contribution in [0.25, 0.3) is 11.0 Å². The van der Waals surface area contributed by atoms with E-state index in [9.17, 15) is 4.79 Å². The number of hydrogen-bond donors (Lipinski definition) is 2. The second kappa shape index (κ2) is 8.07. The van der Waals surface area contributed by atoms with Gasteiger partial charge in [-0.15, -0.1) is 0 Å². The van der Waals surface area contributed by atoms with Crippen molar-refractivity contribution >= 4 is 16.9 Å². The molecule has 4 rings (SSSR count). The van der Waals surface area contributed by atoms with Gasteiger partial charge in [-0.05, 0) is 43.0 Å². The van der Waals surface area contributed by atoms with Crippen LogP contribution < -0.4 is 15.4 Å². The highest BCUT2D eigenvalue weighted by molar-refractivity contribution is 5.98. The molecule has 28 heavy (non-hydrogen) atoms. The average molecular weight is 378 g/mol. The van der Waals surface area contributed by atoms with Crippen molar-refractivity contribution < 1.29 is 13.9 Å². The fourth-order valence-corrected chi connectivity index (χ4v) is 3.54.